The molecule has 12 heavy (non-hydrogen) atoms. The summed E-state index contributed by atoms with van der Waals surface area (Å²) in [6.45, 7) is 0. The van der Waals surface area contributed by atoms with E-state index in [0.717, 1.165) is 15.3 Å². The molecular weight excluding hydrogens is 323 g/mol. The van der Waals surface area contributed by atoms with Crippen molar-refractivity contribution in [2.75, 3.05) is 0 Å². The molecule has 0 aliphatic rings. The van der Waals surface area contributed by atoms with Crippen LogP contribution in [0, 0.1) is 3.57 Å². The molecule has 0 aliphatic heterocycles. The van der Waals surface area contributed by atoms with Crippen molar-refractivity contribution >= 4 is 68.2 Å². The van der Waals surface area contributed by atoms with Crippen LogP contribution in [0.5, 0.6) is 0 Å². The molecule has 0 saturated heterocycles. The van der Waals surface area contributed by atoms with Gasteiger partial charge in [-0.2, -0.15) is 0 Å². The third kappa shape index (κ3) is 1.47. The Balaban J connectivity index is 2.93. The monoisotopic (exact) mass is 326 g/mol. The molecule has 1 aromatic carbocycles. The molecule has 1 aromatic heterocycles. The number of hydrogen-bond acceptors (Lipinski definition) is 2. The summed E-state index contributed by atoms with van der Waals surface area (Å²) in [6.07, 6.45) is 0. The number of thiol groups is 1. The van der Waals surface area contributed by atoms with Gasteiger partial charge in [-0.15, -0.1) is 24.0 Å². The summed E-state index contributed by atoms with van der Waals surface area (Å²) in [7, 11) is 0. The Labute approximate surface area is 98.5 Å². The van der Waals surface area contributed by atoms with Crippen LogP contribution in [-0.4, -0.2) is 0 Å². The molecule has 0 fully saturated rings. The van der Waals surface area contributed by atoms with E-state index in [1.54, 1.807) is 11.3 Å². The van der Waals surface area contributed by atoms with E-state index in [4.69, 9.17) is 11.6 Å². The average molecular weight is 327 g/mol. The lowest BCUT2D eigenvalue weighted by Crippen LogP contribution is -1.72. The van der Waals surface area contributed by atoms with Gasteiger partial charge < -0.3 is 0 Å². The maximum absolute atomic E-state index is 5.99. The molecular formula is C8H4ClIS2. The quantitative estimate of drug-likeness (QED) is 0.537. The number of hydrogen-bond donors (Lipinski definition) is 1. The van der Waals surface area contributed by atoms with Crippen LogP contribution in [0.3, 0.4) is 0 Å². The predicted molar refractivity (Wildman–Crippen MR) is 66.8 cm³/mol. The topological polar surface area (TPSA) is 0 Å². The highest BCUT2D eigenvalue weighted by Gasteiger charge is 2.05. The summed E-state index contributed by atoms with van der Waals surface area (Å²) in [5.74, 6) is 0. The summed E-state index contributed by atoms with van der Waals surface area (Å²) < 4.78 is 2.40. The summed E-state index contributed by atoms with van der Waals surface area (Å²) in [6, 6.07) is 4.14. The molecule has 0 radical (unpaired) electrons. The molecule has 0 spiro atoms. The van der Waals surface area contributed by atoms with Crippen LogP contribution in [0.15, 0.2) is 22.4 Å². The summed E-state index contributed by atoms with van der Waals surface area (Å²) in [5, 5.41) is 3.82. The van der Waals surface area contributed by atoms with E-state index in [0.29, 0.717) is 0 Å². The molecule has 1 heterocycles. The van der Waals surface area contributed by atoms with Gasteiger partial charge in [0.05, 0.1) is 5.02 Å². The van der Waals surface area contributed by atoms with Crippen LogP contribution in [-0.2, 0) is 0 Å². The van der Waals surface area contributed by atoms with E-state index in [-0.39, 0.29) is 0 Å². The Morgan fingerprint density at radius 3 is 2.92 bits per heavy atom. The van der Waals surface area contributed by atoms with Crippen molar-refractivity contribution in [1.82, 2.24) is 0 Å². The molecule has 0 nitrogen and oxygen atoms in total. The normalized spacial score (nSPS) is 10.9. The maximum Gasteiger partial charge on any atom is 0.0602 e. The Morgan fingerprint density at radius 2 is 2.17 bits per heavy atom. The van der Waals surface area contributed by atoms with Crippen molar-refractivity contribution in [3.63, 3.8) is 0 Å². The van der Waals surface area contributed by atoms with Gasteiger partial charge in [-0.3, -0.25) is 0 Å². The maximum atomic E-state index is 5.99. The zero-order chi connectivity index (χ0) is 8.72. The van der Waals surface area contributed by atoms with E-state index in [2.05, 4.69) is 41.3 Å². The fourth-order valence-corrected chi connectivity index (χ4v) is 3.95. The van der Waals surface area contributed by atoms with E-state index in [1.165, 1.54) is 8.27 Å². The zero-order valence-electron chi connectivity index (χ0n) is 5.84. The molecule has 0 saturated carbocycles. The first-order valence-electron chi connectivity index (χ1n) is 3.23. The van der Waals surface area contributed by atoms with Crippen molar-refractivity contribution < 1.29 is 0 Å². The minimum atomic E-state index is 0.802. The number of rotatable bonds is 0. The third-order valence-corrected chi connectivity index (χ3v) is 3.91. The molecule has 0 bridgehead atoms. The third-order valence-electron chi connectivity index (χ3n) is 1.57. The largest absolute Gasteiger partial charge is 0.143 e. The predicted octanol–water partition coefficient (Wildman–Crippen LogP) is 4.45. The highest BCUT2D eigenvalue weighted by molar-refractivity contribution is 14.1. The minimum absolute atomic E-state index is 0.802. The van der Waals surface area contributed by atoms with Crippen LogP contribution in [0.1, 0.15) is 0 Å². The lowest BCUT2D eigenvalue weighted by molar-refractivity contribution is 1.55. The molecule has 62 valence electrons. The molecule has 0 aliphatic carbocycles. The fourth-order valence-electron chi connectivity index (χ4n) is 1.08. The van der Waals surface area contributed by atoms with Crippen molar-refractivity contribution in [1.29, 1.82) is 0 Å². The van der Waals surface area contributed by atoms with Gasteiger partial charge in [0.15, 0.2) is 0 Å². The number of thiophene rings is 1. The number of fused-ring (bicyclic) bond motifs is 1. The second kappa shape index (κ2) is 3.36. The second-order valence-corrected chi connectivity index (χ2v) is 5.43. The van der Waals surface area contributed by atoms with Crippen molar-refractivity contribution in [2.45, 2.75) is 4.90 Å². The minimum Gasteiger partial charge on any atom is -0.143 e. The van der Waals surface area contributed by atoms with Gasteiger partial charge in [0, 0.05) is 23.9 Å². The Bertz CT molecular complexity index is 436. The van der Waals surface area contributed by atoms with Gasteiger partial charge in [-0.1, -0.05) is 11.6 Å². The SMILES string of the molecule is Sc1cc(I)cc2scc(Cl)c12. The van der Waals surface area contributed by atoms with Gasteiger partial charge >= 0.3 is 0 Å². The average Bonchev–Trinajstić information content (AvgIpc) is 2.31. The Hall–Kier alpha value is 0.550. The van der Waals surface area contributed by atoms with Gasteiger partial charge in [0.1, 0.15) is 0 Å². The standard InChI is InChI=1S/C8H4ClIS2/c9-5-3-12-7-2-4(10)1-6(11)8(5)7/h1-3,11H. The van der Waals surface area contributed by atoms with Crippen LogP contribution in [0.2, 0.25) is 5.02 Å². The highest BCUT2D eigenvalue weighted by Crippen LogP contribution is 2.35. The van der Waals surface area contributed by atoms with Crippen LogP contribution >= 0.6 is 58.2 Å². The summed E-state index contributed by atoms with van der Waals surface area (Å²) in [5.41, 5.74) is 0. The summed E-state index contributed by atoms with van der Waals surface area (Å²) >= 11 is 14.3. The van der Waals surface area contributed by atoms with Gasteiger partial charge in [-0.05, 0) is 34.7 Å². The van der Waals surface area contributed by atoms with Gasteiger partial charge in [-0.25, -0.2) is 0 Å². The number of halogens is 2. The van der Waals surface area contributed by atoms with E-state index in [1.807, 2.05) is 11.4 Å². The molecule has 0 unspecified atom stereocenters. The lowest BCUT2D eigenvalue weighted by atomic mass is 10.3. The van der Waals surface area contributed by atoms with E-state index < -0.39 is 0 Å². The molecule has 4 heteroatoms. The first-order chi connectivity index (χ1) is 5.68. The molecule has 2 rings (SSSR count). The molecule has 0 N–H and O–H groups in total. The Morgan fingerprint density at radius 1 is 1.42 bits per heavy atom. The van der Waals surface area contributed by atoms with E-state index in [9.17, 15) is 0 Å². The van der Waals surface area contributed by atoms with Crippen LogP contribution < -0.4 is 0 Å². The van der Waals surface area contributed by atoms with Gasteiger partial charge in [0.2, 0.25) is 0 Å². The molecule has 0 atom stereocenters. The fraction of sp³-hybridized carbons (Fsp3) is 0. The van der Waals surface area contributed by atoms with Crippen molar-refractivity contribution in [3.05, 3.63) is 26.1 Å². The second-order valence-electron chi connectivity index (χ2n) is 2.38. The zero-order valence-corrected chi connectivity index (χ0v) is 10.5. The summed E-state index contributed by atoms with van der Waals surface area (Å²) in [4.78, 5) is 0.961. The van der Waals surface area contributed by atoms with Crippen molar-refractivity contribution in [2.24, 2.45) is 0 Å². The number of benzene rings is 1. The lowest BCUT2D eigenvalue weighted by Gasteiger charge is -1.96. The van der Waals surface area contributed by atoms with Crippen LogP contribution in [0.4, 0.5) is 0 Å². The first kappa shape index (κ1) is 9.12. The highest BCUT2D eigenvalue weighted by atomic mass is 127. The van der Waals surface area contributed by atoms with Crippen molar-refractivity contribution in [3.8, 4) is 0 Å². The molecule has 0 amide bonds. The van der Waals surface area contributed by atoms with E-state index >= 15 is 0 Å². The van der Waals surface area contributed by atoms with Crippen LogP contribution in [0.25, 0.3) is 10.1 Å². The van der Waals surface area contributed by atoms with Gasteiger partial charge in [0.25, 0.3) is 0 Å². The Kier molecular flexibility index (Phi) is 2.56. The first-order valence-corrected chi connectivity index (χ1v) is 6.02. The molecule has 2 aromatic rings. The smallest absolute Gasteiger partial charge is 0.0602 e.